The number of rotatable bonds is 7. The summed E-state index contributed by atoms with van der Waals surface area (Å²) in [6.45, 7) is 2.36. The summed E-state index contributed by atoms with van der Waals surface area (Å²) in [5, 5.41) is -0.500. The van der Waals surface area contributed by atoms with Gasteiger partial charge in [0.25, 0.3) is 0 Å². The van der Waals surface area contributed by atoms with Crippen LogP contribution < -0.4 is 10.5 Å². The van der Waals surface area contributed by atoms with Gasteiger partial charge in [0.15, 0.2) is 0 Å². The molecular weight excluding hydrogens is 238 g/mol. The predicted molar refractivity (Wildman–Crippen MR) is 68.0 cm³/mol. The highest BCUT2D eigenvalue weighted by Gasteiger charge is 2.21. The van der Waals surface area contributed by atoms with Crippen molar-refractivity contribution in [3.05, 3.63) is 30.1 Å². The van der Waals surface area contributed by atoms with E-state index in [1.807, 2.05) is 19.1 Å². The highest BCUT2D eigenvalue weighted by atomic mass is 32.2. The Hall–Kier alpha value is -0.980. The van der Waals surface area contributed by atoms with Crippen molar-refractivity contribution in [3.8, 4) is 0 Å². The normalized spacial score (nSPS) is 13.5. The smallest absolute Gasteiger partial charge is 0.215 e. The van der Waals surface area contributed by atoms with E-state index in [0.717, 1.165) is 5.56 Å². The molecule has 6 heteroatoms. The molecule has 0 bridgehead atoms. The Labute approximate surface area is 102 Å². The molecule has 0 spiro atoms. The quantitative estimate of drug-likeness (QED) is 0.735. The highest BCUT2D eigenvalue weighted by molar-refractivity contribution is 7.90. The molecule has 1 aromatic rings. The van der Waals surface area contributed by atoms with Crippen LogP contribution in [0.15, 0.2) is 24.5 Å². The van der Waals surface area contributed by atoms with Crippen LogP contribution in [-0.4, -0.2) is 31.7 Å². The lowest BCUT2D eigenvalue weighted by Gasteiger charge is -2.14. The van der Waals surface area contributed by atoms with E-state index in [1.165, 1.54) is 0 Å². The molecule has 96 valence electrons. The third-order valence-corrected chi connectivity index (χ3v) is 4.63. The van der Waals surface area contributed by atoms with Crippen molar-refractivity contribution >= 4 is 10.0 Å². The number of nitrogens with one attached hydrogen (secondary N) is 1. The van der Waals surface area contributed by atoms with Crippen LogP contribution in [0, 0.1) is 0 Å². The maximum atomic E-state index is 11.8. The van der Waals surface area contributed by atoms with Crippen molar-refractivity contribution in [2.75, 3.05) is 13.1 Å². The second-order valence-corrected chi connectivity index (χ2v) is 5.86. The molecular formula is C11H19N3O2S. The number of aromatic nitrogens is 1. The van der Waals surface area contributed by atoms with E-state index in [-0.39, 0.29) is 6.54 Å². The lowest BCUT2D eigenvalue weighted by Crippen LogP contribution is -2.39. The number of nitrogens with two attached hydrogens (primary N) is 1. The first-order valence-electron chi connectivity index (χ1n) is 5.67. The molecule has 1 unspecified atom stereocenters. The van der Waals surface area contributed by atoms with Gasteiger partial charge < -0.3 is 5.73 Å². The first-order valence-corrected chi connectivity index (χ1v) is 7.22. The number of nitrogens with zero attached hydrogens (tertiary/aromatic N) is 1. The van der Waals surface area contributed by atoms with Crippen molar-refractivity contribution in [1.29, 1.82) is 0 Å². The third-order valence-electron chi connectivity index (χ3n) is 2.62. The summed E-state index contributed by atoms with van der Waals surface area (Å²) < 4.78 is 26.1. The molecule has 0 aromatic carbocycles. The molecule has 0 radical (unpaired) electrons. The van der Waals surface area contributed by atoms with Crippen LogP contribution in [0.2, 0.25) is 0 Å². The summed E-state index contributed by atoms with van der Waals surface area (Å²) in [6.07, 6.45) is 4.57. The Morgan fingerprint density at radius 1 is 1.41 bits per heavy atom. The van der Waals surface area contributed by atoms with Crippen LogP contribution in [0.25, 0.3) is 0 Å². The van der Waals surface area contributed by atoms with Gasteiger partial charge in [0.05, 0.1) is 5.25 Å². The van der Waals surface area contributed by atoms with Crippen molar-refractivity contribution < 1.29 is 8.42 Å². The molecule has 0 amide bonds. The van der Waals surface area contributed by atoms with Gasteiger partial charge in [-0.15, -0.1) is 0 Å². The monoisotopic (exact) mass is 257 g/mol. The first kappa shape index (κ1) is 14.1. The van der Waals surface area contributed by atoms with E-state index in [1.54, 1.807) is 12.4 Å². The molecule has 3 N–H and O–H groups in total. The minimum atomic E-state index is -3.28. The third kappa shape index (κ3) is 4.41. The van der Waals surface area contributed by atoms with Gasteiger partial charge in [-0.25, -0.2) is 13.1 Å². The van der Waals surface area contributed by atoms with Crippen LogP contribution in [0.3, 0.4) is 0 Å². The summed E-state index contributed by atoms with van der Waals surface area (Å²) in [5.41, 5.74) is 6.48. The van der Waals surface area contributed by atoms with Crippen molar-refractivity contribution in [2.24, 2.45) is 5.73 Å². The van der Waals surface area contributed by atoms with Gasteiger partial charge in [-0.2, -0.15) is 0 Å². The van der Waals surface area contributed by atoms with Crippen LogP contribution in [-0.2, 0) is 16.4 Å². The maximum absolute atomic E-state index is 11.8. The molecule has 0 aliphatic heterocycles. The van der Waals surface area contributed by atoms with Gasteiger partial charge in [0.2, 0.25) is 10.0 Å². The Balaban J connectivity index is 2.46. The molecule has 0 fully saturated rings. The second kappa shape index (κ2) is 6.68. The fraction of sp³-hybridized carbons (Fsp3) is 0.545. The van der Waals surface area contributed by atoms with E-state index < -0.39 is 15.3 Å². The second-order valence-electron chi connectivity index (χ2n) is 3.81. The van der Waals surface area contributed by atoms with E-state index in [9.17, 15) is 8.42 Å². The first-order chi connectivity index (χ1) is 8.10. The Bertz CT molecular complexity index is 416. The van der Waals surface area contributed by atoms with Crippen molar-refractivity contribution in [2.45, 2.75) is 25.0 Å². The van der Waals surface area contributed by atoms with Crippen molar-refractivity contribution in [1.82, 2.24) is 9.71 Å². The van der Waals surface area contributed by atoms with Gasteiger partial charge in [-0.05, 0) is 30.5 Å². The summed E-state index contributed by atoms with van der Waals surface area (Å²) in [5.74, 6) is 0. The summed E-state index contributed by atoms with van der Waals surface area (Å²) in [4.78, 5) is 3.90. The molecule has 17 heavy (non-hydrogen) atoms. The average Bonchev–Trinajstić information content (AvgIpc) is 2.31. The number of hydrogen-bond acceptors (Lipinski definition) is 4. The summed E-state index contributed by atoms with van der Waals surface area (Å²) in [7, 11) is -3.28. The summed E-state index contributed by atoms with van der Waals surface area (Å²) >= 11 is 0. The van der Waals surface area contributed by atoms with Crippen LogP contribution >= 0.6 is 0 Å². The van der Waals surface area contributed by atoms with Crippen molar-refractivity contribution in [3.63, 3.8) is 0 Å². The average molecular weight is 257 g/mol. The topological polar surface area (TPSA) is 85.1 Å². The zero-order valence-electron chi connectivity index (χ0n) is 9.96. The van der Waals surface area contributed by atoms with Gasteiger partial charge in [-0.3, -0.25) is 4.98 Å². The Morgan fingerprint density at radius 2 is 2.06 bits per heavy atom. The maximum Gasteiger partial charge on any atom is 0.215 e. The molecule has 0 saturated carbocycles. The fourth-order valence-corrected chi connectivity index (χ4v) is 2.83. The number of sulfonamides is 1. The van der Waals surface area contributed by atoms with Crippen LogP contribution in [0.1, 0.15) is 18.9 Å². The molecule has 0 aliphatic carbocycles. The summed E-state index contributed by atoms with van der Waals surface area (Å²) in [6, 6.07) is 3.74. The molecule has 0 aliphatic rings. The van der Waals surface area contributed by atoms with Gasteiger partial charge in [0, 0.05) is 25.5 Å². The molecule has 1 atom stereocenters. The number of pyridine rings is 1. The molecule has 1 heterocycles. The lowest BCUT2D eigenvalue weighted by atomic mass is 10.2. The minimum Gasteiger partial charge on any atom is -0.329 e. The minimum absolute atomic E-state index is 0.154. The van der Waals surface area contributed by atoms with E-state index in [0.29, 0.717) is 19.4 Å². The standard InChI is InChI=1S/C11H19N3O2S/c1-2-11(9-12)17(15,16)14-8-5-10-3-6-13-7-4-10/h3-4,6-7,11,14H,2,5,8-9,12H2,1H3. The highest BCUT2D eigenvalue weighted by Crippen LogP contribution is 2.03. The zero-order chi connectivity index (χ0) is 12.7. The Kier molecular flexibility index (Phi) is 5.54. The molecule has 1 aromatic heterocycles. The predicted octanol–water partition coefficient (Wildman–Crippen LogP) is 0.281. The number of hydrogen-bond donors (Lipinski definition) is 2. The SMILES string of the molecule is CCC(CN)S(=O)(=O)NCCc1ccncc1. The lowest BCUT2D eigenvalue weighted by molar-refractivity contribution is 0.561. The van der Waals surface area contributed by atoms with Gasteiger partial charge in [-0.1, -0.05) is 6.92 Å². The molecule has 5 nitrogen and oxygen atoms in total. The van der Waals surface area contributed by atoms with Gasteiger partial charge >= 0.3 is 0 Å². The largest absolute Gasteiger partial charge is 0.329 e. The van der Waals surface area contributed by atoms with Crippen LogP contribution in [0.4, 0.5) is 0 Å². The zero-order valence-corrected chi connectivity index (χ0v) is 10.8. The van der Waals surface area contributed by atoms with Gasteiger partial charge in [0.1, 0.15) is 0 Å². The molecule has 0 saturated heterocycles. The fourth-order valence-electron chi connectivity index (χ4n) is 1.52. The Morgan fingerprint density at radius 3 is 2.59 bits per heavy atom. The van der Waals surface area contributed by atoms with E-state index in [4.69, 9.17) is 5.73 Å². The van der Waals surface area contributed by atoms with E-state index >= 15 is 0 Å². The van der Waals surface area contributed by atoms with E-state index in [2.05, 4.69) is 9.71 Å². The van der Waals surface area contributed by atoms with Crippen LogP contribution in [0.5, 0.6) is 0 Å². The molecule has 1 rings (SSSR count).